The molecule has 1 aliphatic rings. The minimum Gasteiger partial charge on any atom is -0.337 e. The van der Waals surface area contributed by atoms with Crippen molar-refractivity contribution in [2.75, 3.05) is 0 Å². The Morgan fingerprint density at radius 1 is 1.30 bits per heavy atom. The van der Waals surface area contributed by atoms with E-state index in [9.17, 15) is 0 Å². The zero-order valence-corrected chi connectivity index (χ0v) is 20.3. The number of rotatable bonds is 9. The molecule has 0 spiro atoms. The van der Waals surface area contributed by atoms with Crippen molar-refractivity contribution in [3.63, 3.8) is 0 Å². The first kappa shape index (κ1) is 24.2. The first-order chi connectivity index (χ1) is 16.0. The highest BCUT2D eigenvalue weighted by Crippen LogP contribution is 2.42. The van der Waals surface area contributed by atoms with Gasteiger partial charge in [0.25, 0.3) is 0 Å². The minimum absolute atomic E-state index is 0.152. The zero-order valence-electron chi connectivity index (χ0n) is 20.3. The van der Waals surface area contributed by atoms with Gasteiger partial charge in [-0.3, -0.25) is 4.99 Å². The summed E-state index contributed by atoms with van der Waals surface area (Å²) >= 11 is 0. The summed E-state index contributed by atoms with van der Waals surface area (Å²) in [6.07, 6.45) is 18.6. The Kier molecular flexibility index (Phi) is 8.37. The highest BCUT2D eigenvalue weighted by molar-refractivity contribution is 5.74. The van der Waals surface area contributed by atoms with Crippen LogP contribution in [-0.4, -0.2) is 16.3 Å². The molecular formula is C30H35N3. The second kappa shape index (κ2) is 11.4. The number of hydrogen-bond acceptors (Lipinski definition) is 2. The number of allylic oxidation sites excluding steroid dienone is 9. The number of aromatic nitrogens is 2. The van der Waals surface area contributed by atoms with Crippen LogP contribution >= 0.6 is 0 Å². The lowest BCUT2D eigenvalue weighted by molar-refractivity contribution is 0.539. The van der Waals surface area contributed by atoms with Crippen LogP contribution in [0.25, 0.3) is 5.57 Å². The average molecular weight is 438 g/mol. The molecule has 0 radical (unpaired) electrons. The van der Waals surface area contributed by atoms with Gasteiger partial charge in [0, 0.05) is 24.9 Å². The van der Waals surface area contributed by atoms with Gasteiger partial charge in [0.05, 0.1) is 12.0 Å². The van der Waals surface area contributed by atoms with E-state index in [4.69, 9.17) is 0 Å². The van der Waals surface area contributed by atoms with Crippen molar-refractivity contribution in [2.24, 2.45) is 18.0 Å². The van der Waals surface area contributed by atoms with E-state index in [2.05, 4.69) is 116 Å². The third-order valence-electron chi connectivity index (χ3n) is 6.37. The van der Waals surface area contributed by atoms with E-state index in [1.165, 1.54) is 33.5 Å². The molecule has 1 aromatic heterocycles. The van der Waals surface area contributed by atoms with Gasteiger partial charge in [-0.25, -0.2) is 4.98 Å². The van der Waals surface area contributed by atoms with Crippen LogP contribution < -0.4 is 0 Å². The van der Waals surface area contributed by atoms with E-state index in [1.807, 2.05) is 18.6 Å². The summed E-state index contributed by atoms with van der Waals surface area (Å²) in [5.41, 5.74) is 8.40. The van der Waals surface area contributed by atoms with E-state index >= 15 is 0 Å². The van der Waals surface area contributed by atoms with Gasteiger partial charge in [-0.1, -0.05) is 80.3 Å². The standard InChI is InChI=1S/C30H35N3/c1-7-13-24(14-8-2)30(29-20-32-21-33(29)6)25-17-18-28(31-5)27(19-25)22(4)26(9-3)23-15-11-10-12-16-23/h7-8,10-16,18-21,25,30H,1,5,9,17H2,2-4,6H3/b14-8-,24-13+,26-22+. The Labute approximate surface area is 199 Å². The Hall–Kier alpha value is -3.46. The van der Waals surface area contributed by atoms with Crippen LogP contribution in [0.3, 0.4) is 0 Å². The van der Waals surface area contributed by atoms with Gasteiger partial charge in [0.15, 0.2) is 0 Å². The van der Waals surface area contributed by atoms with Crippen LogP contribution in [0.4, 0.5) is 0 Å². The van der Waals surface area contributed by atoms with Gasteiger partial charge in [-0.05, 0) is 67.2 Å². The van der Waals surface area contributed by atoms with Crippen LogP contribution in [0.15, 0.2) is 113 Å². The van der Waals surface area contributed by atoms with Crippen molar-refractivity contribution >= 4 is 12.3 Å². The summed E-state index contributed by atoms with van der Waals surface area (Å²) in [4.78, 5) is 8.82. The number of hydrogen-bond donors (Lipinski definition) is 0. The molecule has 0 saturated carbocycles. The predicted molar refractivity (Wildman–Crippen MR) is 142 cm³/mol. The maximum atomic E-state index is 4.42. The zero-order chi connectivity index (χ0) is 23.8. The van der Waals surface area contributed by atoms with Gasteiger partial charge in [0.1, 0.15) is 0 Å². The van der Waals surface area contributed by atoms with Crippen molar-refractivity contribution in [1.29, 1.82) is 0 Å². The highest BCUT2D eigenvalue weighted by atomic mass is 15.0. The molecule has 0 saturated heterocycles. The molecule has 2 aromatic rings. The van der Waals surface area contributed by atoms with Crippen molar-refractivity contribution in [3.8, 4) is 0 Å². The van der Waals surface area contributed by atoms with E-state index in [1.54, 1.807) is 0 Å². The SMILES string of the molecule is C=C/C=C(\C=C/C)C(c1cncn1C)C1C=C(/C(C)=C(\CC)c2ccccc2)C(N=C)=CC1. The minimum atomic E-state index is 0.152. The molecule has 0 bridgehead atoms. The molecule has 3 nitrogen and oxygen atoms in total. The molecule has 2 atom stereocenters. The lowest BCUT2D eigenvalue weighted by Gasteiger charge is -2.30. The largest absolute Gasteiger partial charge is 0.337 e. The quantitative estimate of drug-likeness (QED) is 0.293. The summed E-state index contributed by atoms with van der Waals surface area (Å²) in [5, 5.41) is 0. The fourth-order valence-electron chi connectivity index (χ4n) is 4.81. The number of aryl methyl sites for hydroxylation is 1. The summed E-state index contributed by atoms with van der Waals surface area (Å²) in [7, 11) is 2.06. The average Bonchev–Trinajstić information content (AvgIpc) is 3.26. The Balaban J connectivity index is 2.17. The summed E-state index contributed by atoms with van der Waals surface area (Å²) in [6, 6.07) is 10.6. The predicted octanol–water partition coefficient (Wildman–Crippen LogP) is 7.61. The van der Waals surface area contributed by atoms with Crippen LogP contribution in [-0.2, 0) is 7.05 Å². The normalized spacial score (nSPS) is 18.4. The molecule has 0 N–H and O–H groups in total. The van der Waals surface area contributed by atoms with Gasteiger partial charge < -0.3 is 4.57 Å². The molecule has 1 heterocycles. The molecule has 33 heavy (non-hydrogen) atoms. The van der Waals surface area contributed by atoms with Crippen molar-refractivity contribution in [2.45, 2.75) is 39.5 Å². The maximum absolute atomic E-state index is 4.42. The van der Waals surface area contributed by atoms with Crippen LogP contribution in [0.5, 0.6) is 0 Å². The number of nitrogens with zero attached hydrogens (tertiary/aromatic N) is 3. The van der Waals surface area contributed by atoms with Gasteiger partial charge in [0.2, 0.25) is 0 Å². The van der Waals surface area contributed by atoms with Crippen LogP contribution in [0.1, 0.15) is 50.8 Å². The van der Waals surface area contributed by atoms with Crippen LogP contribution in [0.2, 0.25) is 0 Å². The maximum Gasteiger partial charge on any atom is 0.0945 e. The van der Waals surface area contributed by atoms with Crippen molar-refractivity contribution < 1.29 is 0 Å². The first-order valence-electron chi connectivity index (χ1n) is 11.6. The molecule has 3 heteroatoms. The topological polar surface area (TPSA) is 30.2 Å². The molecule has 1 aliphatic carbocycles. The Morgan fingerprint density at radius 2 is 2.06 bits per heavy atom. The summed E-state index contributed by atoms with van der Waals surface area (Å²) in [5.74, 6) is 0.408. The lowest BCUT2D eigenvalue weighted by atomic mass is 9.76. The monoisotopic (exact) mass is 437 g/mol. The molecule has 1 aromatic carbocycles. The van der Waals surface area contributed by atoms with Gasteiger partial charge in [-0.2, -0.15) is 0 Å². The Morgan fingerprint density at radius 3 is 2.64 bits per heavy atom. The fourth-order valence-corrected chi connectivity index (χ4v) is 4.81. The second-order valence-corrected chi connectivity index (χ2v) is 8.36. The van der Waals surface area contributed by atoms with E-state index < -0.39 is 0 Å². The fraction of sp³-hybridized carbons (Fsp3) is 0.267. The first-order valence-corrected chi connectivity index (χ1v) is 11.6. The summed E-state index contributed by atoms with van der Waals surface area (Å²) in [6.45, 7) is 14.3. The van der Waals surface area contributed by atoms with E-state index in [-0.39, 0.29) is 11.8 Å². The molecule has 0 fully saturated rings. The smallest absolute Gasteiger partial charge is 0.0945 e. The van der Waals surface area contributed by atoms with Crippen molar-refractivity contribution in [3.05, 3.63) is 120 Å². The third-order valence-corrected chi connectivity index (χ3v) is 6.37. The molecule has 3 rings (SSSR count). The molecule has 2 unspecified atom stereocenters. The number of aliphatic imine (C=N–C) groups is 1. The summed E-state index contributed by atoms with van der Waals surface area (Å²) < 4.78 is 2.12. The number of imidazole rings is 1. The van der Waals surface area contributed by atoms with Crippen LogP contribution in [0, 0.1) is 5.92 Å². The van der Waals surface area contributed by atoms with Crippen molar-refractivity contribution in [1.82, 2.24) is 9.55 Å². The second-order valence-electron chi connectivity index (χ2n) is 8.36. The molecule has 0 amide bonds. The molecule has 170 valence electrons. The van der Waals surface area contributed by atoms with E-state index in [0.717, 1.165) is 18.5 Å². The lowest BCUT2D eigenvalue weighted by Crippen LogP contribution is -2.18. The van der Waals surface area contributed by atoms with E-state index in [0.29, 0.717) is 0 Å². The van der Waals surface area contributed by atoms with Gasteiger partial charge in [-0.15, -0.1) is 0 Å². The molecule has 0 aliphatic heterocycles. The highest BCUT2D eigenvalue weighted by Gasteiger charge is 2.29. The number of benzene rings is 1. The molecular weight excluding hydrogens is 402 g/mol. The van der Waals surface area contributed by atoms with Gasteiger partial charge >= 0.3 is 0 Å². The Bertz CT molecular complexity index is 1140. The third kappa shape index (κ3) is 5.31.